The summed E-state index contributed by atoms with van der Waals surface area (Å²) in [7, 11) is 0. The Labute approximate surface area is 146 Å². The number of aryl methyl sites for hydroxylation is 1. The largest absolute Gasteiger partial charge is 0.417 e. The normalized spacial score (nSPS) is 12.8. The van der Waals surface area contributed by atoms with E-state index in [-0.39, 0.29) is 21.4 Å². The van der Waals surface area contributed by atoms with E-state index in [9.17, 15) is 18.0 Å². The van der Waals surface area contributed by atoms with E-state index in [2.05, 4.69) is 15.3 Å². The predicted molar refractivity (Wildman–Crippen MR) is 84.1 cm³/mol. The van der Waals surface area contributed by atoms with Crippen LogP contribution in [-0.2, 0) is 6.18 Å². The first-order valence-electron chi connectivity index (χ1n) is 6.76. The lowest BCUT2D eigenvalue weighted by Gasteiger charge is -2.16. The summed E-state index contributed by atoms with van der Waals surface area (Å²) >= 11 is 11.8. The molecule has 128 valence electrons. The number of aromatic nitrogens is 2. The second-order valence-corrected chi connectivity index (χ2v) is 5.84. The minimum atomic E-state index is -4.54. The number of hydrogen-bond acceptors (Lipinski definition) is 3. The number of carbonyl (C=O) groups excluding carboxylic acids is 1. The van der Waals surface area contributed by atoms with Crippen LogP contribution < -0.4 is 5.32 Å². The number of halogens is 5. The number of pyridine rings is 2. The van der Waals surface area contributed by atoms with E-state index in [0.29, 0.717) is 11.9 Å². The van der Waals surface area contributed by atoms with Gasteiger partial charge in [-0.3, -0.25) is 9.78 Å². The van der Waals surface area contributed by atoms with E-state index in [4.69, 9.17) is 23.2 Å². The molecule has 0 spiro atoms. The molecule has 1 atom stereocenters. The van der Waals surface area contributed by atoms with E-state index in [0.717, 1.165) is 6.07 Å². The number of nitrogens with zero attached hydrogens (tertiary/aromatic N) is 2. The predicted octanol–water partition coefficient (Wildman–Crippen LogP) is 4.60. The molecule has 24 heavy (non-hydrogen) atoms. The summed E-state index contributed by atoms with van der Waals surface area (Å²) in [5.74, 6) is -0.530. The molecule has 2 rings (SSSR count). The summed E-state index contributed by atoms with van der Waals surface area (Å²) in [6.45, 7) is 3.27. The molecule has 0 bridgehead atoms. The molecule has 4 nitrogen and oxygen atoms in total. The molecule has 2 aromatic heterocycles. The van der Waals surface area contributed by atoms with Crippen molar-refractivity contribution in [3.8, 4) is 0 Å². The van der Waals surface area contributed by atoms with Gasteiger partial charge in [-0.15, -0.1) is 0 Å². The van der Waals surface area contributed by atoms with Crippen molar-refractivity contribution in [1.82, 2.24) is 15.3 Å². The maximum Gasteiger partial charge on any atom is 0.417 e. The molecule has 0 saturated carbocycles. The number of hydrogen-bond donors (Lipinski definition) is 1. The number of amides is 1. The van der Waals surface area contributed by atoms with E-state index in [1.54, 1.807) is 19.9 Å². The third kappa shape index (κ3) is 4.15. The van der Waals surface area contributed by atoms with Crippen molar-refractivity contribution in [2.75, 3.05) is 0 Å². The maximum atomic E-state index is 12.6. The van der Waals surface area contributed by atoms with Gasteiger partial charge in [0.1, 0.15) is 5.15 Å². The number of rotatable bonds is 3. The second kappa shape index (κ2) is 6.94. The van der Waals surface area contributed by atoms with Crippen LogP contribution in [0.2, 0.25) is 10.2 Å². The second-order valence-electron chi connectivity index (χ2n) is 5.07. The average Bonchev–Trinajstić information content (AvgIpc) is 2.45. The third-order valence-electron chi connectivity index (χ3n) is 3.19. The molecule has 9 heteroatoms. The highest BCUT2D eigenvalue weighted by molar-refractivity contribution is 6.32. The zero-order chi connectivity index (χ0) is 18.1. The highest BCUT2D eigenvalue weighted by Crippen LogP contribution is 2.32. The first-order valence-corrected chi connectivity index (χ1v) is 7.52. The van der Waals surface area contributed by atoms with Gasteiger partial charge in [-0.25, -0.2) is 4.98 Å². The minimum Gasteiger partial charge on any atom is -0.344 e. The van der Waals surface area contributed by atoms with Crippen molar-refractivity contribution in [2.24, 2.45) is 0 Å². The standard InChI is InChI=1S/C15H12Cl2F3N3O/c1-7-3-4-10(13(17)22-7)14(24)23-8(2)12-11(16)5-9(6-21-12)15(18,19)20/h3-6,8H,1-2H3,(H,23,24). The quantitative estimate of drug-likeness (QED) is 0.795. The number of carbonyl (C=O) groups is 1. The van der Waals surface area contributed by atoms with Gasteiger partial charge in [0.05, 0.1) is 27.9 Å². The monoisotopic (exact) mass is 377 g/mol. The van der Waals surface area contributed by atoms with Crippen LogP contribution in [0.15, 0.2) is 24.4 Å². The first-order chi connectivity index (χ1) is 11.1. The summed E-state index contributed by atoms with van der Waals surface area (Å²) in [4.78, 5) is 19.9. The third-order valence-corrected chi connectivity index (χ3v) is 3.78. The lowest BCUT2D eigenvalue weighted by Crippen LogP contribution is -2.28. The highest BCUT2D eigenvalue weighted by Gasteiger charge is 2.32. The van der Waals surface area contributed by atoms with E-state index in [1.807, 2.05) is 0 Å². The average molecular weight is 378 g/mol. The van der Waals surface area contributed by atoms with Crippen LogP contribution in [0.1, 0.15) is 40.3 Å². The fraction of sp³-hybridized carbons (Fsp3) is 0.267. The molecule has 1 unspecified atom stereocenters. The number of alkyl halides is 3. The van der Waals surface area contributed by atoms with Crippen LogP contribution in [0.5, 0.6) is 0 Å². The van der Waals surface area contributed by atoms with E-state index < -0.39 is 23.7 Å². The summed E-state index contributed by atoms with van der Waals surface area (Å²) in [5, 5.41) is 2.42. The van der Waals surface area contributed by atoms with Crippen molar-refractivity contribution >= 4 is 29.1 Å². The van der Waals surface area contributed by atoms with Crippen LogP contribution in [0.25, 0.3) is 0 Å². The molecule has 2 aromatic rings. The fourth-order valence-corrected chi connectivity index (χ4v) is 2.57. The summed E-state index contributed by atoms with van der Waals surface area (Å²) < 4.78 is 37.9. The Bertz CT molecular complexity index is 781. The molecule has 0 aliphatic carbocycles. The minimum absolute atomic E-state index is 0.0335. The molecule has 0 fully saturated rings. The van der Waals surface area contributed by atoms with Gasteiger partial charge in [-0.1, -0.05) is 23.2 Å². The van der Waals surface area contributed by atoms with E-state index in [1.165, 1.54) is 6.07 Å². The van der Waals surface area contributed by atoms with Crippen LogP contribution >= 0.6 is 23.2 Å². The Kier molecular flexibility index (Phi) is 5.35. The molecule has 1 amide bonds. The molecular weight excluding hydrogens is 366 g/mol. The summed E-state index contributed by atoms with van der Waals surface area (Å²) in [6.07, 6.45) is -3.87. The zero-order valence-corrected chi connectivity index (χ0v) is 14.1. The van der Waals surface area contributed by atoms with Crippen LogP contribution in [0.3, 0.4) is 0 Å². The van der Waals surface area contributed by atoms with Gasteiger partial charge in [-0.2, -0.15) is 13.2 Å². The smallest absolute Gasteiger partial charge is 0.344 e. The lowest BCUT2D eigenvalue weighted by molar-refractivity contribution is -0.137. The van der Waals surface area contributed by atoms with Gasteiger partial charge in [0, 0.05) is 11.9 Å². The van der Waals surface area contributed by atoms with Crippen molar-refractivity contribution < 1.29 is 18.0 Å². The zero-order valence-electron chi connectivity index (χ0n) is 12.6. The Hall–Kier alpha value is -1.86. The Morgan fingerprint density at radius 1 is 1.29 bits per heavy atom. The summed E-state index contributed by atoms with van der Waals surface area (Å²) in [6, 6.07) is 3.18. The molecule has 0 aromatic carbocycles. The molecule has 1 N–H and O–H groups in total. The molecule has 0 aliphatic heterocycles. The van der Waals surface area contributed by atoms with Crippen molar-refractivity contribution in [3.63, 3.8) is 0 Å². The molecule has 2 heterocycles. The Morgan fingerprint density at radius 2 is 1.96 bits per heavy atom. The highest BCUT2D eigenvalue weighted by atomic mass is 35.5. The topological polar surface area (TPSA) is 54.9 Å². The molecule has 0 aliphatic rings. The molecule has 0 saturated heterocycles. The van der Waals surface area contributed by atoms with Gasteiger partial charge >= 0.3 is 6.18 Å². The molecule has 0 radical (unpaired) electrons. The lowest BCUT2D eigenvalue weighted by atomic mass is 10.1. The van der Waals surface area contributed by atoms with Crippen molar-refractivity contribution in [2.45, 2.75) is 26.1 Å². The van der Waals surface area contributed by atoms with Crippen molar-refractivity contribution in [3.05, 3.63) is 57.1 Å². The van der Waals surface area contributed by atoms with Crippen LogP contribution in [-0.4, -0.2) is 15.9 Å². The number of nitrogens with one attached hydrogen (secondary N) is 1. The van der Waals surface area contributed by atoms with E-state index >= 15 is 0 Å². The van der Waals surface area contributed by atoms with Crippen molar-refractivity contribution in [1.29, 1.82) is 0 Å². The maximum absolute atomic E-state index is 12.6. The first kappa shape index (κ1) is 18.5. The fourth-order valence-electron chi connectivity index (χ4n) is 1.96. The van der Waals surface area contributed by atoms with Crippen LogP contribution in [0, 0.1) is 6.92 Å². The van der Waals surface area contributed by atoms with Gasteiger partial charge in [0.2, 0.25) is 0 Å². The van der Waals surface area contributed by atoms with Gasteiger partial charge < -0.3 is 5.32 Å². The SMILES string of the molecule is Cc1ccc(C(=O)NC(C)c2ncc(C(F)(F)F)cc2Cl)c(Cl)n1. The Balaban J connectivity index is 2.20. The Morgan fingerprint density at radius 3 is 2.50 bits per heavy atom. The van der Waals surface area contributed by atoms with Gasteiger partial charge in [0.25, 0.3) is 5.91 Å². The summed E-state index contributed by atoms with van der Waals surface area (Å²) in [5.41, 5.74) is -0.0380. The van der Waals surface area contributed by atoms with Gasteiger partial charge in [0.15, 0.2) is 0 Å². The molecular formula is C15H12Cl2F3N3O. The van der Waals surface area contributed by atoms with Gasteiger partial charge in [-0.05, 0) is 32.0 Å². The van der Waals surface area contributed by atoms with Crippen LogP contribution in [0.4, 0.5) is 13.2 Å².